The fourth-order valence-corrected chi connectivity index (χ4v) is 3.08. The normalized spacial score (nSPS) is 10.5. The number of hydrogen-bond donors (Lipinski definition) is 2. The van der Waals surface area contributed by atoms with Crippen LogP contribution in [0.15, 0.2) is 71.8 Å². The number of carbonyl (C=O) groups excluding carboxylic acids is 1. The zero-order valence-corrected chi connectivity index (χ0v) is 20.6. The smallest absolute Gasteiger partial charge is 0.343 e. The van der Waals surface area contributed by atoms with Crippen LogP contribution in [-0.4, -0.2) is 38.1 Å². The maximum Gasteiger partial charge on any atom is 0.343 e. The maximum atomic E-state index is 12.5. The van der Waals surface area contributed by atoms with E-state index in [1.54, 1.807) is 55.8 Å². The second-order valence-corrected chi connectivity index (χ2v) is 7.63. The Balaban J connectivity index is 1.57. The molecule has 0 aromatic heterocycles. The number of esters is 1. The summed E-state index contributed by atoms with van der Waals surface area (Å²) in [5, 5.41) is 7.49. The molecule has 0 aliphatic heterocycles. The van der Waals surface area contributed by atoms with Gasteiger partial charge >= 0.3 is 5.97 Å². The molecule has 8 nitrogen and oxygen atoms in total. The minimum Gasteiger partial charge on any atom is -0.497 e. The van der Waals surface area contributed by atoms with Gasteiger partial charge in [0.05, 0.1) is 32.6 Å². The van der Waals surface area contributed by atoms with Crippen LogP contribution in [0.3, 0.4) is 0 Å². The summed E-state index contributed by atoms with van der Waals surface area (Å²) >= 11 is 5.25. The van der Waals surface area contributed by atoms with Crippen molar-refractivity contribution in [3.63, 3.8) is 0 Å². The van der Waals surface area contributed by atoms with Gasteiger partial charge in [-0.1, -0.05) is 6.92 Å². The number of thiocarbonyl (C=S) groups is 1. The van der Waals surface area contributed by atoms with E-state index in [0.717, 1.165) is 23.4 Å². The maximum absolute atomic E-state index is 12.5. The lowest BCUT2D eigenvalue weighted by Gasteiger charge is -2.11. The third-order valence-corrected chi connectivity index (χ3v) is 4.87. The van der Waals surface area contributed by atoms with Gasteiger partial charge in [-0.25, -0.2) is 4.79 Å². The van der Waals surface area contributed by atoms with Gasteiger partial charge in [-0.05, 0) is 90.9 Å². The first-order valence-electron chi connectivity index (χ1n) is 10.9. The van der Waals surface area contributed by atoms with Crippen LogP contribution in [0.1, 0.15) is 29.3 Å². The van der Waals surface area contributed by atoms with Gasteiger partial charge in [-0.15, -0.1) is 0 Å². The standard InChI is InChI=1S/C26H27N3O5S/c1-4-15-33-22-10-6-19(7-11-22)25(30)34-23-14-5-18(16-24(23)32-3)17-27-29-26(35)28-20-8-12-21(31-2)13-9-20/h5-14,16-17H,4,15H2,1-3H3,(H2,28,29,35)/b27-17+. The molecule has 0 saturated heterocycles. The summed E-state index contributed by atoms with van der Waals surface area (Å²) in [6.07, 6.45) is 2.48. The predicted octanol–water partition coefficient (Wildman–Crippen LogP) is 5.03. The number of carbonyl (C=O) groups is 1. The SMILES string of the molecule is CCCOc1ccc(C(=O)Oc2ccc(/C=N/NC(=S)Nc3ccc(OC)cc3)cc2OC)cc1. The van der Waals surface area contributed by atoms with E-state index in [1.807, 2.05) is 31.2 Å². The lowest BCUT2D eigenvalue weighted by Crippen LogP contribution is -2.23. The molecule has 0 aliphatic rings. The average molecular weight is 494 g/mol. The van der Waals surface area contributed by atoms with Gasteiger partial charge in [0, 0.05) is 5.69 Å². The molecular weight excluding hydrogens is 466 g/mol. The first-order chi connectivity index (χ1) is 17.0. The highest BCUT2D eigenvalue weighted by Crippen LogP contribution is 2.28. The number of nitrogens with one attached hydrogen (secondary N) is 2. The van der Waals surface area contributed by atoms with E-state index in [-0.39, 0.29) is 0 Å². The van der Waals surface area contributed by atoms with Crippen LogP contribution < -0.4 is 29.7 Å². The van der Waals surface area contributed by atoms with Crippen LogP contribution >= 0.6 is 12.2 Å². The molecule has 0 amide bonds. The number of hydrazone groups is 1. The number of rotatable bonds is 10. The molecule has 0 aliphatic carbocycles. The molecule has 0 unspecified atom stereocenters. The third kappa shape index (κ3) is 7.72. The second kappa shape index (κ2) is 13.0. The minimum atomic E-state index is -0.497. The van der Waals surface area contributed by atoms with E-state index in [9.17, 15) is 4.79 Å². The van der Waals surface area contributed by atoms with E-state index < -0.39 is 5.97 Å². The molecule has 0 heterocycles. The monoisotopic (exact) mass is 493 g/mol. The molecule has 0 saturated carbocycles. The van der Waals surface area contributed by atoms with Crippen molar-refractivity contribution >= 4 is 35.2 Å². The molecular formula is C26H27N3O5S. The number of benzene rings is 3. The van der Waals surface area contributed by atoms with E-state index in [1.165, 1.54) is 7.11 Å². The Hall–Kier alpha value is -4.11. The van der Waals surface area contributed by atoms with Crippen LogP contribution in [0.2, 0.25) is 0 Å². The molecule has 0 bridgehead atoms. The summed E-state index contributed by atoms with van der Waals surface area (Å²) in [6, 6.07) is 19.2. The summed E-state index contributed by atoms with van der Waals surface area (Å²) in [4.78, 5) is 12.5. The highest BCUT2D eigenvalue weighted by Gasteiger charge is 2.13. The molecule has 0 fully saturated rings. The quantitative estimate of drug-likeness (QED) is 0.134. The van der Waals surface area contributed by atoms with Gasteiger partial charge in [-0.2, -0.15) is 5.10 Å². The lowest BCUT2D eigenvalue weighted by molar-refractivity contribution is 0.0729. The van der Waals surface area contributed by atoms with E-state index in [2.05, 4.69) is 15.8 Å². The molecule has 0 spiro atoms. The molecule has 3 rings (SSSR count). The topological polar surface area (TPSA) is 90.4 Å². The van der Waals surface area contributed by atoms with Crippen molar-refractivity contribution in [2.24, 2.45) is 5.10 Å². The van der Waals surface area contributed by atoms with Gasteiger partial charge in [0.1, 0.15) is 11.5 Å². The van der Waals surface area contributed by atoms with Crippen molar-refractivity contribution in [2.45, 2.75) is 13.3 Å². The van der Waals surface area contributed by atoms with Crippen LogP contribution in [0.4, 0.5) is 5.69 Å². The molecule has 9 heteroatoms. The summed E-state index contributed by atoms with van der Waals surface area (Å²) in [6.45, 7) is 2.65. The zero-order chi connectivity index (χ0) is 25.0. The summed E-state index contributed by atoms with van der Waals surface area (Å²) in [5.74, 6) is 1.65. The number of anilines is 1. The summed E-state index contributed by atoms with van der Waals surface area (Å²) in [5.41, 5.74) is 4.68. The predicted molar refractivity (Wildman–Crippen MR) is 140 cm³/mol. The highest BCUT2D eigenvalue weighted by molar-refractivity contribution is 7.80. The second-order valence-electron chi connectivity index (χ2n) is 7.23. The fourth-order valence-electron chi connectivity index (χ4n) is 2.91. The first-order valence-corrected chi connectivity index (χ1v) is 11.3. The van der Waals surface area contributed by atoms with Gasteiger partial charge in [0.15, 0.2) is 16.6 Å². The highest BCUT2D eigenvalue weighted by atomic mass is 32.1. The van der Waals surface area contributed by atoms with Crippen molar-refractivity contribution in [1.29, 1.82) is 0 Å². The molecule has 3 aromatic carbocycles. The number of ether oxygens (including phenoxy) is 4. The van der Waals surface area contributed by atoms with Gasteiger partial charge in [-0.3, -0.25) is 5.43 Å². The van der Waals surface area contributed by atoms with Crippen molar-refractivity contribution in [1.82, 2.24) is 5.43 Å². The Morgan fingerprint density at radius 1 is 0.943 bits per heavy atom. The Morgan fingerprint density at radius 3 is 2.31 bits per heavy atom. The zero-order valence-electron chi connectivity index (χ0n) is 19.7. The van der Waals surface area contributed by atoms with Crippen molar-refractivity contribution in [3.05, 3.63) is 77.9 Å². The van der Waals surface area contributed by atoms with Crippen LogP contribution in [0.25, 0.3) is 0 Å². The van der Waals surface area contributed by atoms with E-state index >= 15 is 0 Å². The molecule has 0 atom stereocenters. The summed E-state index contributed by atoms with van der Waals surface area (Å²) in [7, 11) is 3.11. The fraction of sp³-hybridized carbons (Fsp3) is 0.192. The van der Waals surface area contributed by atoms with Gasteiger partial charge < -0.3 is 24.3 Å². The molecule has 2 N–H and O–H groups in total. The Labute approximate surface area is 209 Å². The molecule has 3 aromatic rings. The number of nitrogens with zero attached hydrogens (tertiary/aromatic N) is 1. The van der Waals surface area contributed by atoms with E-state index in [0.29, 0.717) is 34.5 Å². The summed E-state index contributed by atoms with van der Waals surface area (Å²) < 4.78 is 21.6. The van der Waals surface area contributed by atoms with E-state index in [4.69, 9.17) is 31.2 Å². The minimum absolute atomic E-state index is 0.297. The first kappa shape index (κ1) is 25.5. The van der Waals surface area contributed by atoms with Crippen LogP contribution in [0, 0.1) is 0 Å². The largest absolute Gasteiger partial charge is 0.497 e. The molecule has 0 radical (unpaired) electrons. The molecule has 182 valence electrons. The Kier molecular flexibility index (Phi) is 9.44. The van der Waals surface area contributed by atoms with Crippen LogP contribution in [-0.2, 0) is 0 Å². The van der Waals surface area contributed by atoms with Gasteiger partial charge in [0.2, 0.25) is 0 Å². The van der Waals surface area contributed by atoms with Crippen molar-refractivity contribution in [2.75, 3.05) is 26.1 Å². The Morgan fingerprint density at radius 2 is 1.66 bits per heavy atom. The number of hydrogen-bond acceptors (Lipinski definition) is 7. The molecule has 35 heavy (non-hydrogen) atoms. The Bertz CT molecular complexity index is 1160. The van der Waals surface area contributed by atoms with Gasteiger partial charge in [0.25, 0.3) is 0 Å². The van der Waals surface area contributed by atoms with Crippen molar-refractivity contribution < 1.29 is 23.7 Å². The van der Waals surface area contributed by atoms with Crippen molar-refractivity contribution in [3.8, 4) is 23.0 Å². The lowest BCUT2D eigenvalue weighted by atomic mass is 10.2. The number of methoxy groups -OCH3 is 2. The third-order valence-electron chi connectivity index (χ3n) is 4.68. The van der Waals surface area contributed by atoms with Crippen LogP contribution in [0.5, 0.6) is 23.0 Å². The average Bonchev–Trinajstić information content (AvgIpc) is 2.89.